The number of benzene rings is 2. The van der Waals surface area contributed by atoms with Crippen molar-refractivity contribution in [3.05, 3.63) is 89.7 Å². The quantitative estimate of drug-likeness (QED) is 0.806. The molecule has 90 valence electrons. The second kappa shape index (κ2) is 5.05. The third-order valence-electron chi connectivity index (χ3n) is 3.19. The van der Waals surface area contributed by atoms with Gasteiger partial charge in [-0.3, -0.25) is 0 Å². The van der Waals surface area contributed by atoms with Crippen LogP contribution in [-0.4, -0.2) is 5.11 Å². The van der Waals surface area contributed by atoms with Gasteiger partial charge in [-0.15, -0.1) is 5.73 Å². The molecular formula is C17H16O. The maximum Gasteiger partial charge on any atom is 0.143 e. The van der Waals surface area contributed by atoms with Gasteiger partial charge in [-0.25, -0.2) is 0 Å². The van der Waals surface area contributed by atoms with Crippen LogP contribution in [0, 0.1) is 0 Å². The molecule has 0 amide bonds. The molecule has 0 saturated carbocycles. The number of aliphatic hydroxyl groups is 1. The van der Waals surface area contributed by atoms with Gasteiger partial charge in [0.2, 0.25) is 0 Å². The number of hydrogen-bond acceptors (Lipinski definition) is 1. The van der Waals surface area contributed by atoms with Crippen LogP contribution < -0.4 is 0 Å². The van der Waals surface area contributed by atoms with E-state index >= 15 is 0 Å². The van der Waals surface area contributed by atoms with Gasteiger partial charge in [-0.2, -0.15) is 0 Å². The van der Waals surface area contributed by atoms with Gasteiger partial charge >= 0.3 is 0 Å². The average Bonchev–Trinajstić information content (AvgIpc) is 2.47. The smallest absolute Gasteiger partial charge is 0.143 e. The molecule has 2 aromatic rings. The van der Waals surface area contributed by atoms with Gasteiger partial charge in [0.15, 0.2) is 0 Å². The van der Waals surface area contributed by atoms with Gasteiger partial charge in [0, 0.05) is 5.57 Å². The Morgan fingerprint density at radius 3 is 1.67 bits per heavy atom. The fourth-order valence-electron chi connectivity index (χ4n) is 2.09. The van der Waals surface area contributed by atoms with E-state index in [1.54, 1.807) is 0 Å². The standard InChI is InChI=1S/C17H16O/c1-3-14(2)17(18,15-10-6-4-7-11-15)16-12-8-5-9-13-16/h4-13,18H,1H2,2H3. The first kappa shape index (κ1) is 12.4. The zero-order valence-corrected chi connectivity index (χ0v) is 10.4. The largest absolute Gasteiger partial charge is 0.376 e. The van der Waals surface area contributed by atoms with Crippen molar-refractivity contribution < 1.29 is 5.11 Å². The first-order chi connectivity index (χ1) is 8.69. The van der Waals surface area contributed by atoms with Crippen molar-refractivity contribution in [2.24, 2.45) is 0 Å². The van der Waals surface area contributed by atoms with Crippen LogP contribution in [0.2, 0.25) is 0 Å². The fourth-order valence-corrected chi connectivity index (χ4v) is 2.09. The van der Waals surface area contributed by atoms with Crippen LogP contribution in [0.15, 0.2) is 78.5 Å². The van der Waals surface area contributed by atoms with E-state index in [0.717, 1.165) is 11.1 Å². The Labute approximate surface area is 108 Å². The lowest BCUT2D eigenvalue weighted by Crippen LogP contribution is -2.28. The molecule has 1 heteroatoms. The van der Waals surface area contributed by atoms with Crippen molar-refractivity contribution in [3.63, 3.8) is 0 Å². The molecule has 0 bridgehead atoms. The van der Waals surface area contributed by atoms with Crippen LogP contribution >= 0.6 is 0 Å². The summed E-state index contributed by atoms with van der Waals surface area (Å²) in [5.74, 6) is 0. The molecule has 2 aromatic carbocycles. The molecule has 2 rings (SSSR count). The van der Waals surface area contributed by atoms with Crippen molar-refractivity contribution in [3.8, 4) is 0 Å². The molecule has 0 aliphatic rings. The summed E-state index contributed by atoms with van der Waals surface area (Å²) in [5, 5.41) is 11.1. The first-order valence-corrected chi connectivity index (χ1v) is 5.90. The molecule has 0 radical (unpaired) electrons. The van der Waals surface area contributed by atoms with Gasteiger partial charge in [0.05, 0.1) is 0 Å². The minimum absolute atomic E-state index is 0.694. The Morgan fingerprint density at radius 2 is 1.33 bits per heavy atom. The van der Waals surface area contributed by atoms with Crippen LogP contribution in [0.5, 0.6) is 0 Å². The average molecular weight is 236 g/mol. The summed E-state index contributed by atoms with van der Waals surface area (Å²) in [6.45, 7) is 5.50. The van der Waals surface area contributed by atoms with Gasteiger partial charge < -0.3 is 5.11 Å². The monoisotopic (exact) mass is 236 g/mol. The lowest BCUT2D eigenvalue weighted by Gasteiger charge is -2.29. The van der Waals surface area contributed by atoms with Gasteiger partial charge in [0.25, 0.3) is 0 Å². The maximum absolute atomic E-state index is 11.1. The van der Waals surface area contributed by atoms with E-state index in [0.29, 0.717) is 5.57 Å². The molecule has 0 aliphatic heterocycles. The minimum Gasteiger partial charge on any atom is -0.376 e. The van der Waals surface area contributed by atoms with Crippen LogP contribution in [0.4, 0.5) is 0 Å². The molecular weight excluding hydrogens is 220 g/mol. The molecule has 18 heavy (non-hydrogen) atoms. The Balaban J connectivity index is 2.67. The Kier molecular flexibility index (Phi) is 3.47. The zero-order valence-electron chi connectivity index (χ0n) is 10.4. The van der Waals surface area contributed by atoms with Crippen molar-refractivity contribution >= 4 is 0 Å². The molecule has 1 N–H and O–H groups in total. The molecule has 0 aliphatic carbocycles. The highest BCUT2D eigenvalue weighted by Crippen LogP contribution is 2.35. The summed E-state index contributed by atoms with van der Waals surface area (Å²) in [6, 6.07) is 19.2. The van der Waals surface area contributed by atoms with Crippen molar-refractivity contribution in [1.29, 1.82) is 0 Å². The number of rotatable bonds is 3. The molecule has 0 spiro atoms. The first-order valence-electron chi connectivity index (χ1n) is 5.90. The van der Waals surface area contributed by atoms with E-state index in [9.17, 15) is 5.11 Å². The SMILES string of the molecule is C=C=C(C)C(O)(c1ccccc1)c1ccccc1. The fraction of sp³-hybridized carbons (Fsp3) is 0.118. The van der Waals surface area contributed by atoms with E-state index in [1.807, 2.05) is 67.6 Å². The molecule has 0 saturated heterocycles. The lowest BCUT2D eigenvalue weighted by molar-refractivity contribution is 0.121. The normalized spacial score (nSPS) is 10.8. The van der Waals surface area contributed by atoms with Crippen LogP contribution in [-0.2, 0) is 5.60 Å². The minimum atomic E-state index is -1.16. The summed E-state index contributed by atoms with van der Waals surface area (Å²) in [7, 11) is 0. The third-order valence-corrected chi connectivity index (χ3v) is 3.19. The summed E-state index contributed by atoms with van der Waals surface area (Å²) < 4.78 is 0. The van der Waals surface area contributed by atoms with Gasteiger partial charge in [-0.1, -0.05) is 67.2 Å². The van der Waals surface area contributed by atoms with Gasteiger partial charge in [0.1, 0.15) is 5.60 Å². The lowest BCUT2D eigenvalue weighted by atomic mass is 9.81. The second-order valence-electron chi connectivity index (χ2n) is 4.24. The number of hydrogen-bond donors (Lipinski definition) is 1. The van der Waals surface area contributed by atoms with E-state index in [1.165, 1.54) is 0 Å². The van der Waals surface area contributed by atoms with E-state index in [2.05, 4.69) is 12.3 Å². The predicted octanol–water partition coefficient (Wildman–Crippen LogP) is 3.65. The Morgan fingerprint density at radius 1 is 0.944 bits per heavy atom. The summed E-state index contributed by atoms with van der Waals surface area (Å²) >= 11 is 0. The molecule has 0 fully saturated rings. The third kappa shape index (κ3) is 2.02. The molecule has 1 nitrogen and oxygen atoms in total. The second-order valence-corrected chi connectivity index (χ2v) is 4.24. The molecule has 0 aromatic heterocycles. The highest BCUT2D eigenvalue weighted by atomic mass is 16.3. The van der Waals surface area contributed by atoms with E-state index in [-0.39, 0.29) is 0 Å². The molecule has 0 unspecified atom stereocenters. The van der Waals surface area contributed by atoms with Crippen LogP contribution in [0.3, 0.4) is 0 Å². The van der Waals surface area contributed by atoms with Crippen LogP contribution in [0.25, 0.3) is 0 Å². The molecule has 0 heterocycles. The van der Waals surface area contributed by atoms with Crippen LogP contribution in [0.1, 0.15) is 18.1 Å². The maximum atomic E-state index is 11.1. The summed E-state index contributed by atoms with van der Waals surface area (Å²) in [5.41, 5.74) is 4.00. The summed E-state index contributed by atoms with van der Waals surface area (Å²) in [4.78, 5) is 0. The Bertz CT molecular complexity index is 524. The highest BCUT2D eigenvalue weighted by Gasteiger charge is 2.33. The van der Waals surface area contributed by atoms with Gasteiger partial charge in [-0.05, 0) is 18.1 Å². The topological polar surface area (TPSA) is 20.2 Å². The van der Waals surface area contributed by atoms with Crippen molar-refractivity contribution in [2.45, 2.75) is 12.5 Å². The molecule has 0 atom stereocenters. The van der Waals surface area contributed by atoms with Crippen molar-refractivity contribution in [1.82, 2.24) is 0 Å². The van der Waals surface area contributed by atoms with E-state index in [4.69, 9.17) is 0 Å². The zero-order chi connectivity index (χ0) is 13.0. The Hall–Kier alpha value is -2.08. The van der Waals surface area contributed by atoms with Crippen molar-refractivity contribution in [2.75, 3.05) is 0 Å². The predicted molar refractivity (Wildman–Crippen MR) is 74.2 cm³/mol. The highest BCUT2D eigenvalue weighted by molar-refractivity contribution is 5.43. The van der Waals surface area contributed by atoms with E-state index < -0.39 is 5.60 Å². The summed E-state index contributed by atoms with van der Waals surface area (Å²) in [6.07, 6.45) is 0.